The Bertz CT molecular complexity index is 1150. The quantitative estimate of drug-likeness (QED) is 0.543. The first-order valence-electron chi connectivity index (χ1n) is 10.2. The van der Waals surface area contributed by atoms with E-state index in [-0.39, 0.29) is 24.8 Å². The van der Waals surface area contributed by atoms with E-state index in [2.05, 4.69) is 5.32 Å². The number of anilines is 2. The lowest BCUT2D eigenvalue weighted by Gasteiger charge is -2.20. The van der Waals surface area contributed by atoms with Crippen LogP contribution in [0, 0.1) is 12.8 Å². The van der Waals surface area contributed by atoms with Crippen LogP contribution in [0.2, 0.25) is 5.02 Å². The maximum Gasteiger partial charge on any atom is 0.229 e. The number of rotatable bonds is 6. The number of nitrogens with zero attached hydrogens (tertiary/aromatic N) is 1. The van der Waals surface area contributed by atoms with Gasteiger partial charge in [-0.05, 0) is 61.0 Å². The standard InChI is InChI=1S/C25H23ClN2O4/c1-16-5-3-4-6-22(16)32-20-10-8-19(9-11-20)27-25(30)17-13-24(29)28(15-17)21-14-18(26)7-12-23(21)31-2/h3-12,14,17H,13,15H2,1-2H3,(H,27,30)/t17-/m0/s1. The van der Waals surface area contributed by atoms with Crippen molar-refractivity contribution in [3.8, 4) is 17.2 Å². The van der Waals surface area contributed by atoms with E-state index >= 15 is 0 Å². The van der Waals surface area contributed by atoms with Gasteiger partial charge in [-0.25, -0.2) is 0 Å². The molecule has 1 fully saturated rings. The Morgan fingerprint density at radius 2 is 1.81 bits per heavy atom. The van der Waals surface area contributed by atoms with Crippen molar-refractivity contribution >= 4 is 34.8 Å². The van der Waals surface area contributed by atoms with E-state index < -0.39 is 5.92 Å². The van der Waals surface area contributed by atoms with Crippen LogP contribution in [0.5, 0.6) is 17.2 Å². The van der Waals surface area contributed by atoms with Crippen LogP contribution in [-0.2, 0) is 9.59 Å². The number of aryl methyl sites for hydroxylation is 1. The van der Waals surface area contributed by atoms with Gasteiger partial charge in [-0.3, -0.25) is 9.59 Å². The molecule has 0 radical (unpaired) electrons. The first-order chi connectivity index (χ1) is 15.4. The molecule has 164 valence electrons. The van der Waals surface area contributed by atoms with Crippen molar-refractivity contribution in [1.29, 1.82) is 0 Å². The van der Waals surface area contributed by atoms with Crippen molar-refractivity contribution in [1.82, 2.24) is 0 Å². The minimum atomic E-state index is -0.478. The van der Waals surface area contributed by atoms with Crippen LogP contribution in [0.4, 0.5) is 11.4 Å². The van der Waals surface area contributed by atoms with Gasteiger partial charge in [-0.15, -0.1) is 0 Å². The third-order valence-electron chi connectivity index (χ3n) is 5.37. The summed E-state index contributed by atoms with van der Waals surface area (Å²) in [5.74, 6) is 1.15. The maximum atomic E-state index is 12.8. The number of carbonyl (C=O) groups excluding carboxylic acids is 2. The molecule has 1 saturated heterocycles. The summed E-state index contributed by atoms with van der Waals surface area (Å²) in [6, 6.07) is 20.0. The molecule has 1 N–H and O–H groups in total. The molecule has 0 unspecified atom stereocenters. The van der Waals surface area contributed by atoms with Gasteiger partial charge in [0.05, 0.1) is 18.7 Å². The van der Waals surface area contributed by atoms with Gasteiger partial charge in [-0.2, -0.15) is 0 Å². The fourth-order valence-corrected chi connectivity index (χ4v) is 3.80. The van der Waals surface area contributed by atoms with Crippen molar-refractivity contribution < 1.29 is 19.1 Å². The zero-order valence-electron chi connectivity index (χ0n) is 17.8. The number of hydrogen-bond donors (Lipinski definition) is 1. The molecule has 0 saturated carbocycles. The smallest absolute Gasteiger partial charge is 0.229 e. The largest absolute Gasteiger partial charge is 0.495 e. The van der Waals surface area contributed by atoms with Gasteiger partial charge in [0.25, 0.3) is 0 Å². The van der Waals surface area contributed by atoms with E-state index in [0.717, 1.165) is 11.3 Å². The lowest BCUT2D eigenvalue weighted by Crippen LogP contribution is -2.28. The zero-order valence-corrected chi connectivity index (χ0v) is 18.6. The van der Waals surface area contributed by atoms with Crippen LogP contribution in [0.15, 0.2) is 66.7 Å². The second-order valence-electron chi connectivity index (χ2n) is 7.60. The molecule has 4 rings (SSSR count). The van der Waals surface area contributed by atoms with Crippen molar-refractivity contribution in [3.63, 3.8) is 0 Å². The topological polar surface area (TPSA) is 67.9 Å². The van der Waals surface area contributed by atoms with Gasteiger partial charge >= 0.3 is 0 Å². The number of benzene rings is 3. The van der Waals surface area contributed by atoms with E-state index in [1.807, 2.05) is 31.2 Å². The third kappa shape index (κ3) is 4.70. The molecule has 1 atom stereocenters. The summed E-state index contributed by atoms with van der Waals surface area (Å²) < 4.78 is 11.2. The van der Waals surface area contributed by atoms with Crippen LogP contribution >= 0.6 is 11.6 Å². The summed E-state index contributed by atoms with van der Waals surface area (Å²) in [5.41, 5.74) is 2.24. The van der Waals surface area contributed by atoms with E-state index in [1.54, 1.807) is 47.4 Å². The minimum absolute atomic E-state index is 0.121. The maximum absolute atomic E-state index is 12.8. The van der Waals surface area contributed by atoms with Crippen LogP contribution < -0.4 is 19.7 Å². The summed E-state index contributed by atoms with van der Waals surface area (Å²) in [6.45, 7) is 2.24. The fraction of sp³-hybridized carbons (Fsp3) is 0.200. The number of hydrogen-bond acceptors (Lipinski definition) is 4. The fourth-order valence-electron chi connectivity index (χ4n) is 3.64. The summed E-state index contributed by atoms with van der Waals surface area (Å²) in [6.07, 6.45) is 0.121. The second kappa shape index (κ2) is 9.32. The van der Waals surface area contributed by atoms with Gasteiger partial charge in [0.2, 0.25) is 11.8 Å². The van der Waals surface area contributed by atoms with Crippen LogP contribution in [0.3, 0.4) is 0 Å². The van der Waals surface area contributed by atoms with Crippen molar-refractivity contribution in [2.45, 2.75) is 13.3 Å². The number of methoxy groups -OCH3 is 1. The highest BCUT2D eigenvalue weighted by atomic mass is 35.5. The average Bonchev–Trinajstić information content (AvgIpc) is 3.18. The Morgan fingerprint density at radius 1 is 1.06 bits per heavy atom. The number of para-hydroxylation sites is 1. The number of carbonyl (C=O) groups is 2. The van der Waals surface area contributed by atoms with Crippen molar-refractivity contribution in [2.24, 2.45) is 5.92 Å². The monoisotopic (exact) mass is 450 g/mol. The lowest BCUT2D eigenvalue weighted by atomic mass is 10.1. The normalized spacial score (nSPS) is 15.5. The van der Waals surface area contributed by atoms with Gasteiger partial charge in [-0.1, -0.05) is 29.8 Å². The van der Waals surface area contributed by atoms with Gasteiger partial charge < -0.3 is 19.7 Å². The molecule has 3 aromatic rings. The highest BCUT2D eigenvalue weighted by Gasteiger charge is 2.36. The number of halogens is 1. The molecule has 0 aliphatic carbocycles. The molecule has 1 aliphatic rings. The average molecular weight is 451 g/mol. The van der Waals surface area contributed by atoms with Gasteiger partial charge in [0, 0.05) is 23.7 Å². The molecule has 1 heterocycles. The molecule has 7 heteroatoms. The molecule has 0 aromatic heterocycles. The zero-order chi connectivity index (χ0) is 22.7. The van der Waals surface area contributed by atoms with Crippen molar-refractivity contribution in [3.05, 3.63) is 77.3 Å². The first-order valence-corrected chi connectivity index (χ1v) is 10.6. The van der Waals surface area contributed by atoms with E-state index in [4.69, 9.17) is 21.1 Å². The Kier molecular flexibility index (Phi) is 6.32. The Hall–Kier alpha value is -3.51. The molecule has 2 amide bonds. The number of amides is 2. The van der Waals surface area contributed by atoms with Crippen molar-refractivity contribution in [2.75, 3.05) is 23.9 Å². The third-order valence-corrected chi connectivity index (χ3v) is 5.61. The predicted molar refractivity (Wildman–Crippen MR) is 125 cm³/mol. The van der Waals surface area contributed by atoms with Crippen LogP contribution in [0.25, 0.3) is 0 Å². The number of nitrogens with one attached hydrogen (secondary N) is 1. The Balaban J connectivity index is 1.41. The molecule has 0 spiro atoms. The minimum Gasteiger partial charge on any atom is -0.495 e. The Morgan fingerprint density at radius 3 is 2.53 bits per heavy atom. The van der Waals surface area contributed by atoms with E-state index in [0.29, 0.717) is 27.9 Å². The van der Waals surface area contributed by atoms with Gasteiger partial charge in [0.1, 0.15) is 17.2 Å². The SMILES string of the molecule is COc1ccc(Cl)cc1N1C[C@@H](C(=O)Nc2ccc(Oc3ccccc3C)cc2)CC1=O. The predicted octanol–water partition coefficient (Wildman–Crippen LogP) is 5.44. The summed E-state index contributed by atoms with van der Waals surface area (Å²) in [4.78, 5) is 26.9. The summed E-state index contributed by atoms with van der Waals surface area (Å²) in [5, 5.41) is 3.38. The summed E-state index contributed by atoms with van der Waals surface area (Å²) in [7, 11) is 1.53. The Labute approximate surface area is 191 Å². The van der Waals surface area contributed by atoms with Gasteiger partial charge in [0.15, 0.2) is 0 Å². The molecule has 3 aromatic carbocycles. The molecule has 6 nitrogen and oxygen atoms in total. The summed E-state index contributed by atoms with van der Waals surface area (Å²) >= 11 is 6.10. The molecular formula is C25H23ClN2O4. The second-order valence-corrected chi connectivity index (χ2v) is 8.04. The molecular weight excluding hydrogens is 428 g/mol. The molecule has 1 aliphatic heterocycles. The lowest BCUT2D eigenvalue weighted by molar-refractivity contribution is -0.122. The van der Waals surface area contributed by atoms with E-state index in [9.17, 15) is 9.59 Å². The van der Waals surface area contributed by atoms with Crippen LogP contribution in [0.1, 0.15) is 12.0 Å². The van der Waals surface area contributed by atoms with Crippen LogP contribution in [-0.4, -0.2) is 25.5 Å². The highest BCUT2D eigenvalue weighted by Crippen LogP contribution is 2.35. The highest BCUT2D eigenvalue weighted by molar-refractivity contribution is 6.31. The first kappa shape index (κ1) is 21.7. The number of ether oxygens (including phenoxy) is 2. The molecule has 32 heavy (non-hydrogen) atoms. The molecule has 0 bridgehead atoms. The van der Waals surface area contributed by atoms with E-state index in [1.165, 1.54) is 7.11 Å².